The first-order valence-electron chi connectivity index (χ1n) is 7.32. The summed E-state index contributed by atoms with van der Waals surface area (Å²) in [6.45, 7) is 8.43. The van der Waals surface area contributed by atoms with Crippen molar-refractivity contribution in [3.05, 3.63) is 46.8 Å². The van der Waals surface area contributed by atoms with Crippen LogP contribution < -0.4 is 5.32 Å². The monoisotopic (exact) mass is 267 g/mol. The molecule has 1 aromatic carbocycles. The highest BCUT2D eigenvalue weighted by molar-refractivity contribution is 5.57. The summed E-state index contributed by atoms with van der Waals surface area (Å²) in [5, 5.41) is 3.42. The minimum absolute atomic E-state index is 0.426. The minimum Gasteiger partial charge on any atom is -0.312 e. The van der Waals surface area contributed by atoms with Crippen LogP contribution in [0.25, 0.3) is 11.4 Å². The van der Waals surface area contributed by atoms with Crippen LogP contribution in [0.1, 0.15) is 42.3 Å². The molecule has 0 saturated heterocycles. The van der Waals surface area contributed by atoms with E-state index < -0.39 is 0 Å². The molecule has 0 amide bonds. The molecule has 20 heavy (non-hydrogen) atoms. The third-order valence-corrected chi connectivity index (χ3v) is 3.79. The lowest BCUT2D eigenvalue weighted by molar-refractivity contribution is 0.609. The maximum atomic E-state index is 4.85. The molecule has 1 N–H and O–H groups in total. The summed E-state index contributed by atoms with van der Waals surface area (Å²) in [6, 6.07) is 8.44. The van der Waals surface area contributed by atoms with Gasteiger partial charge in [-0.3, -0.25) is 0 Å². The molecule has 0 saturated carbocycles. The summed E-state index contributed by atoms with van der Waals surface area (Å²) in [7, 11) is 0. The van der Waals surface area contributed by atoms with E-state index in [1.807, 2.05) is 0 Å². The van der Waals surface area contributed by atoms with Crippen LogP contribution in [0.5, 0.6) is 0 Å². The smallest absolute Gasteiger partial charge is 0.159 e. The molecule has 2 aromatic rings. The molecule has 0 fully saturated rings. The normalized spacial score (nSPS) is 14.4. The summed E-state index contributed by atoms with van der Waals surface area (Å²) in [5.74, 6) is 1.30. The molecule has 104 valence electrons. The number of nitrogens with zero attached hydrogens (tertiary/aromatic N) is 2. The van der Waals surface area contributed by atoms with Gasteiger partial charge < -0.3 is 5.32 Å². The molecule has 3 heteroatoms. The number of aromatic nitrogens is 2. The molecule has 0 radical (unpaired) electrons. The maximum absolute atomic E-state index is 4.85. The van der Waals surface area contributed by atoms with Crippen LogP contribution in [-0.4, -0.2) is 16.5 Å². The molecule has 3 nitrogen and oxygen atoms in total. The van der Waals surface area contributed by atoms with Gasteiger partial charge in [0, 0.05) is 30.6 Å². The highest BCUT2D eigenvalue weighted by Crippen LogP contribution is 2.26. The van der Waals surface area contributed by atoms with Crippen LogP contribution >= 0.6 is 0 Å². The highest BCUT2D eigenvalue weighted by atomic mass is 15.0. The number of benzene rings is 1. The van der Waals surface area contributed by atoms with Crippen molar-refractivity contribution in [1.29, 1.82) is 0 Å². The second kappa shape index (κ2) is 5.33. The van der Waals surface area contributed by atoms with E-state index in [4.69, 9.17) is 9.97 Å². The van der Waals surface area contributed by atoms with Gasteiger partial charge in [0.2, 0.25) is 0 Å². The number of fused-ring (bicyclic) bond motifs is 1. The van der Waals surface area contributed by atoms with Gasteiger partial charge in [-0.25, -0.2) is 9.97 Å². The molecule has 2 heterocycles. The van der Waals surface area contributed by atoms with E-state index >= 15 is 0 Å². The Hall–Kier alpha value is -1.74. The van der Waals surface area contributed by atoms with Crippen LogP contribution in [0.2, 0.25) is 0 Å². The molecule has 0 atom stereocenters. The van der Waals surface area contributed by atoms with Crippen molar-refractivity contribution in [2.45, 2.75) is 39.7 Å². The summed E-state index contributed by atoms with van der Waals surface area (Å²) >= 11 is 0. The van der Waals surface area contributed by atoms with E-state index in [0.29, 0.717) is 5.92 Å². The Morgan fingerprint density at radius 2 is 2.05 bits per heavy atom. The zero-order valence-corrected chi connectivity index (χ0v) is 12.4. The lowest BCUT2D eigenvalue weighted by atomic mass is 9.98. The Morgan fingerprint density at radius 1 is 1.20 bits per heavy atom. The van der Waals surface area contributed by atoms with E-state index in [0.717, 1.165) is 30.9 Å². The van der Waals surface area contributed by atoms with E-state index in [1.165, 1.54) is 22.5 Å². The van der Waals surface area contributed by atoms with Crippen LogP contribution in [0.3, 0.4) is 0 Å². The van der Waals surface area contributed by atoms with Gasteiger partial charge >= 0.3 is 0 Å². The van der Waals surface area contributed by atoms with E-state index in [1.54, 1.807) is 0 Å². The van der Waals surface area contributed by atoms with Gasteiger partial charge in [-0.15, -0.1) is 0 Å². The molecule has 1 aromatic heterocycles. The van der Waals surface area contributed by atoms with Crippen molar-refractivity contribution in [3.63, 3.8) is 0 Å². The molecule has 0 aliphatic carbocycles. The molecule has 0 bridgehead atoms. The first kappa shape index (κ1) is 13.3. The van der Waals surface area contributed by atoms with Gasteiger partial charge in [0.1, 0.15) is 0 Å². The third kappa shape index (κ3) is 2.46. The summed E-state index contributed by atoms with van der Waals surface area (Å²) < 4.78 is 0. The fourth-order valence-electron chi connectivity index (χ4n) is 2.76. The first-order chi connectivity index (χ1) is 9.65. The van der Waals surface area contributed by atoms with Gasteiger partial charge in [-0.1, -0.05) is 37.6 Å². The van der Waals surface area contributed by atoms with E-state index in [9.17, 15) is 0 Å². The van der Waals surface area contributed by atoms with Gasteiger partial charge in [-0.05, 0) is 18.9 Å². The fourth-order valence-corrected chi connectivity index (χ4v) is 2.76. The highest BCUT2D eigenvalue weighted by Gasteiger charge is 2.19. The first-order valence-corrected chi connectivity index (χ1v) is 7.32. The third-order valence-electron chi connectivity index (χ3n) is 3.79. The van der Waals surface area contributed by atoms with Crippen LogP contribution in [0.15, 0.2) is 24.3 Å². The topological polar surface area (TPSA) is 37.8 Å². The lowest BCUT2D eigenvalue weighted by Crippen LogP contribution is -2.27. The molecule has 0 spiro atoms. The van der Waals surface area contributed by atoms with Gasteiger partial charge in [0.05, 0.1) is 11.4 Å². The van der Waals surface area contributed by atoms with E-state index in [-0.39, 0.29) is 0 Å². The quantitative estimate of drug-likeness (QED) is 0.908. The molecule has 3 rings (SSSR count). The predicted molar refractivity (Wildman–Crippen MR) is 81.7 cm³/mol. The lowest BCUT2D eigenvalue weighted by Gasteiger charge is -2.21. The number of rotatable bonds is 2. The number of hydrogen-bond donors (Lipinski definition) is 1. The molecular formula is C17H21N3. The Balaban J connectivity index is 2.15. The average Bonchev–Trinajstić information content (AvgIpc) is 2.46. The SMILES string of the molecule is Cc1cccc(-c2nc3c(c(C(C)C)n2)CNCC3)c1. The van der Waals surface area contributed by atoms with Crippen molar-refractivity contribution in [2.75, 3.05) is 6.54 Å². The number of aryl methyl sites for hydroxylation is 1. The second-order valence-corrected chi connectivity index (χ2v) is 5.81. The Kier molecular flexibility index (Phi) is 3.53. The van der Waals surface area contributed by atoms with Crippen molar-refractivity contribution in [2.24, 2.45) is 0 Å². The van der Waals surface area contributed by atoms with Crippen LogP contribution in [0, 0.1) is 6.92 Å². The largest absolute Gasteiger partial charge is 0.312 e. The van der Waals surface area contributed by atoms with Gasteiger partial charge in [-0.2, -0.15) is 0 Å². The van der Waals surface area contributed by atoms with Crippen molar-refractivity contribution >= 4 is 0 Å². The summed E-state index contributed by atoms with van der Waals surface area (Å²) in [6.07, 6.45) is 0.996. The fraction of sp³-hybridized carbons (Fsp3) is 0.412. The van der Waals surface area contributed by atoms with Crippen molar-refractivity contribution < 1.29 is 0 Å². The van der Waals surface area contributed by atoms with Crippen LogP contribution in [0.4, 0.5) is 0 Å². The predicted octanol–water partition coefficient (Wildman–Crippen LogP) is 3.22. The Morgan fingerprint density at radius 3 is 2.80 bits per heavy atom. The molecular weight excluding hydrogens is 246 g/mol. The molecule has 1 aliphatic rings. The molecule has 0 unspecified atom stereocenters. The second-order valence-electron chi connectivity index (χ2n) is 5.81. The minimum atomic E-state index is 0.426. The zero-order valence-electron chi connectivity index (χ0n) is 12.4. The number of nitrogens with one attached hydrogen (secondary N) is 1. The zero-order chi connectivity index (χ0) is 14.1. The summed E-state index contributed by atoms with van der Waals surface area (Å²) in [5.41, 5.74) is 6.09. The standard InChI is InChI=1S/C17H21N3/c1-11(2)16-14-10-18-8-7-15(14)19-17(20-16)13-6-4-5-12(3)9-13/h4-6,9,11,18H,7-8,10H2,1-3H3. The Labute approximate surface area is 120 Å². The summed E-state index contributed by atoms with van der Waals surface area (Å²) in [4.78, 5) is 9.66. The van der Waals surface area contributed by atoms with Gasteiger partial charge in [0.25, 0.3) is 0 Å². The van der Waals surface area contributed by atoms with Crippen LogP contribution in [-0.2, 0) is 13.0 Å². The van der Waals surface area contributed by atoms with Crippen molar-refractivity contribution in [1.82, 2.24) is 15.3 Å². The number of hydrogen-bond acceptors (Lipinski definition) is 3. The molecule has 1 aliphatic heterocycles. The van der Waals surface area contributed by atoms with Crippen molar-refractivity contribution in [3.8, 4) is 11.4 Å². The van der Waals surface area contributed by atoms with E-state index in [2.05, 4.69) is 50.4 Å². The average molecular weight is 267 g/mol. The Bertz CT molecular complexity index is 632. The van der Waals surface area contributed by atoms with Gasteiger partial charge in [0.15, 0.2) is 5.82 Å². The maximum Gasteiger partial charge on any atom is 0.159 e.